The monoisotopic (exact) mass is 433 g/mol. The van der Waals surface area contributed by atoms with Crippen LogP contribution in [0.3, 0.4) is 0 Å². The Hall–Kier alpha value is -3.04. The molecule has 31 heavy (non-hydrogen) atoms. The summed E-state index contributed by atoms with van der Waals surface area (Å²) in [6.45, 7) is 2.29. The van der Waals surface area contributed by atoms with E-state index >= 15 is 0 Å². The van der Waals surface area contributed by atoms with Gasteiger partial charge in [-0.2, -0.15) is 13.2 Å². The Kier molecular flexibility index (Phi) is 5.40. The molecule has 2 atom stereocenters. The van der Waals surface area contributed by atoms with E-state index in [1.807, 2.05) is 0 Å². The van der Waals surface area contributed by atoms with Crippen LogP contribution in [0.5, 0.6) is 0 Å². The maximum absolute atomic E-state index is 13.3. The highest BCUT2D eigenvalue weighted by molar-refractivity contribution is 5.99. The van der Waals surface area contributed by atoms with Gasteiger partial charge < -0.3 is 5.32 Å². The van der Waals surface area contributed by atoms with Crippen molar-refractivity contribution in [3.8, 4) is 0 Å². The fourth-order valence-corrected chi connectivity index (χ4v) is 4.52. The quantitative estimate of drug-likeness (QED) is 0.803. The van der Waals surface area contributed by atoms with Crippen molar-refractivity contribution in [3.63, 3.8) is 0 Å². The van der Waals surface area contributed by atoms with E-state index in [0.29, 0.717) is 43.9 Å². The van der Waals surface area contributed by atoms with Crippen LogP contribution in [0.4, 0.5) is 19.0 Å². The smallest absolute Gasteiger partial charge is 0.348 e. The predicted molar refractivity (Wildman–Crippen MR) is 105 cm³/mol. The SMILES string of the molecule is Cc1nccc(N2CC[C@]3(CCC[C@H](NC(=O)c4cccc(C(F)(F)F)n4)C3)C2=O)n1. The lowest BCUT2D eigenvalue weighted by molar-refractivity contribution is -0.141. The highest BCUT2D eigenvalue weighted by Gasteiger charge is 2.50. The van der Waals surface area contributed by atoms with Crippen LogP contribution >= 0.6 is 0 Å². The lowest BCUT2D eigenvalue weighted by Crippen LogP contribution is -2.46. The van der Waals surface area contributed by atoms with E-state index in [9.17, 15) is 22.8 Å². The first-order chi connectivity index (χ1) is 14.7. The molecular formula is C21H22F3N5O2. The minimum atomic E-state index is -4.62. The summed E-state index contributed by atoms with van der Waals surface area (Å²) in [6.07, 6.45) is 0.183. The first kappa shape index (κ1) is 21.2. The van der Waals surface area contributed by atoms with Crippen LogP contribution in [0.1, 0.15) is 54.1 Å². The first-order valence-electron chi connectivity index (χ1n) is 10.1. The summed E-state index contributed by atoms with van der Waals surface area (Å²) in [5.41, 5.74) is -2.00. The van der Waals surface area contributed by atoms with Gasteiger partial charge in [-0.05, 0) is 50.8 Å². The molecule has 3 heterocycles. The summed E-state index contributed by atoms with van der Waals surface area (Å²) < 4.78 is 38.7. The Labute approximate surface area is 177 Å². The Morgan fingerprint density at radius 2 is 2.03 bits per heavy atom. The van der Waals surface area contributed by atoms with Gasteiger partial charge in [0.1, 0.15) is 23.0 Å². The molecule has 4 rings (SSSR count). The van der Waals surface area contributed by atoms with Gasteiger partial charge >= 0.3 is 6.18 Å². The number of nitrogens with one attached hydrogen (secondary N) is 1. The lowest BCUT2D eigenvalue weighted by Gasteiger charge is -2.36. The molecule has 1 saturated carbocycles. The number of amides is 2. The van der Waals surface area contributed by atoms with Gasteiger partial charge in [0.05, 0.1) is 5.41 Å². The third-order valence-electron chi connectivity index (χ3n) is 6.00. The Balaban J connectivity index is 1.47. The van der Waals surface area contributed by atoms with Gasteiger partial charge in [0.2, 0.25) is 5.91 Å². The number of nitrogens with zero attached hydrogens (tertiary/aromatic N) is 4. The number of hydrogen-bond donors (Lipinski definition) is 1. The van der Waals surface area contributed by atoms with E-state index in [0.717, 1.165) is 18.6 Å². The minimum absolute atomic E-state index is 0.0262. The number of carbonyl (C=O) groups excluding carboxylic acids is 2. The Bertz CT molecular complexity index is 1010. The molecule has 0 bridgehead atoms. The minimum Gasteiger partial charge on any atom is -0.348 e. The van der Waals surface area contributed by atoms with Gasteiger partial charge in [0, 0.05) is 18.8 Å². The van der Waals surface area contributed by atoms with Crippen molar-refractivity contribution in [2.45, 2.75) is 51.2 Å². The molecule has 1 spiro atoms. The van der Waals surface area contributed by atoms with E-state index in [1.165, 1.54) is 6.07 Å². The van der Waals surface area contributed by atoms with Crippen LogP contribution < -0.4 is 10.2 Å². The number of aromatic nitrogens is 3. The molecule has 0 aromatic carbocycles. The molecule has 0 radical (unpaired) electrons. The average Bonchev–Trinajstić information content (AvgIpc) is 3.03. The van der Waals surface area contributed by atoms with Crippen LogP contribution in [-0.2, 0) is 11.0 Å². The third kappa shape index (κ3) is 4.24. The van der Waals surface area contributed by atoms with Crippen LogP contribution in [-0.4, -0.2) is 39.4 Å². The summed E-state index contributed by atoms with van der Waals surface area (Å²) in [6, 6.07) is 4.63. The molecule has 10 heteroatoms. The molecule has 7 nitrogen and oxygen atoms in total. The zero-order valence-corrected chi connectivity index (χ0v) is 16.9. The summed E-state index contributed by atoms with van der Waals surface area (Å²) in [4.78, 5) is 39.3. The van der Waals surface area contributed by atoms with Gasteiger partial charge in [0.15, 0.2) is 0 Å². The van der Waals surface area contributed by atoms with Crippen molar-refractivity contribution >= 4 is 17.6 Å². The van der Waals surface area contributed by atoms with Crippen molar-refractivity contribution < 1.29 is 22.8 Å². The zero-order valence-electron chi connectivity index (χ0n) is 16.9. The maximum Gasteiger partial charge on any atom is 0.433 e. The van der Waals surface area contributed by atoms with E-state index in [-0.39, 0.29) is 17.6 Å². The van der Waals surface area contributed by atoms with E-state index in [1.54, 1.807) is 24.1 Å². The van der Waals surface area contributed by atoms with Gasteiger partial charge in [-0.3, -0.25) is 14.5 Å². The standard InChI is InChI=1S/C21H22F3N5O2/c1-13-25-10-7-17(26-13)29-11-9-20(19(29)31)8-3-4-14(12-20)27-18(30)15-5-2-6-16(28-15)21(22,23)24/h2,5-7,10,14H,3-4,8-9,11-12H2,1H3,(H,27,30)/t14-,20-/m0/s1. The molecule has 1 aliphatic carbocycles. The summed E-state index contributed by atoms with van der Waals surface area (Å²) in [5, 5.41) is 2.78. The summed E-state index contributed by atoms with van der Waals surface area (Å²) in [5.74, 6) is 0.450. The highest BCUT2D eigenvalue weighted by atomic mass is 19.4. The molecule has 2 aliphatic rings. The second-order valence-corrected chi connectivity index (χ2v) is 8.12. The Morgan fingerprint density at radius 1 is 1.23 bits per heavy atom. The topological polar surface area (TPSA) is 88.1 Å². The summed E-state index contributed by atoms with van der Waals surface area (Å²) >= 11 is 0. The van der Waals surface area contributed by atoms with Crippen molar-refractivity contribution in [2.24, 2.45) is 5.41 Å². The molecule has 1 aliphatic heterocycles. The number of anilines is 1. The highest BCUT2D eigenvalue weighted by Crippen LogP contribution is 2.45. The Morgan fingerprint density at radius 3 is 2.77 bits per heavy atom. The van der Waals surface area contributed by atoms with Crippen LogP contribution in [0, 0.1) is 12.3 Å². The van der Waals surface area contributed by atoms with Crippen LogP contribution in [0.25, 0.3) is 0 Å². The number of alkyl halides is 3. The third-order valence-corrected chi connectivity index (χ3v) is 6.00. The van der Waals surface area contributed by atoms with Gasteiger partial charge in [-0.1, -0.05) is 12.5 Å². The molecule has 0 unspecified atom stereocenters. The number of halogens is 3. The number of carbonyl (C=O) groups is 2. The largest absolute Gasteiger partial charge is 0.433 e. The van der Waals surface area contributed by atoms with Crippen molar-refractivity contribution in [2.75, 3.05) is 11.4 Å². The van der Waals surface area contributed by atoms with Crippen molar-refractivity contribution in [1.29, 1.82) is 0 Å². The van der Waals surface area contributed by atoms with Crippen LogP contribution in [0.2, 0.25) is 0 Å². The van der Waals surface area contributed by atoms with Crippen molar-refractivity contribution in [1.82, 2.24) is 20.3 Å². The molecule has 2 aromatic rings. The van der Waals surface area contributed by atoms with Gasteiger partial charge in [0.25, 0.3) is 5.91 Å². The molecule has 1 saturated heterocycles. The average molecular weight is 433 g/mol. The number of hydrogen-bond acceptors (Lipinski definition) is 5. The van der Waals surface area contributed by atoms with E-state index in [4.69, 9.17) is 0 Å². The zero-order chi connectivity index (χ0) is 22.2. The lowest BCUT2D eigenvalue weighted by atomic mass is 9.71. The van der Waals surface area contributed by atoms with E-state index in [2.05, 4.69) is 20.3 Å². The second-order valence-electron chi connectivity index (χ2n) is 8.12. The fraction of sp³-hybridized carbons (Fsp3) is 0.476. The number of rotatable bonds is 3. The summed E-state index contributed by atoms with van der Waals surface area (Å²) in [7, 11) is 0. The van der Waals surface area contributed by atoms with Crippen molar-refractivity contribution in [3.05, 3.63) is 47.7 Å². The molecule has 1 N–H and O–H groups in total. The van der Waals surface area contributed by atoms with Gasteiger partial charge in [-0.15, -0.1) is 0 Å². The fourth-order valence-electron chi connectivity index (χ4n) is 4.52. The normalized spacial score (nSPS) is 23.9. The molecule has 2 aromatic heterocycles. The first-order valence-corrected chi connectivity index (χ1v) is 10.1. The molecule has 2 amide bonds. The molecule has 164 valence electrons. The van der Waals surface area contributed by atoms with Gasteiger partial charge in [-0.25, -0.2) is 15.0 Å². The van der Waals surface area contributed by atoms with Crippen LogP contribution in [0.15, 0.2) is 30.5 Å². The maximum atomic E-state index is 13.3. The number of aryl methyl sites for hydroxylation is 1. The number of pyridine rings is 1. The second kappa shape index (κ2) is 7.90. The predicted octanol–water partition coefficient (Wildman–Crippen LogP) is 3.29. The van der Waals surface area contributed by atoms with E-state index < -0.39 is 23.2 Å². The molecular weight excluding hydrogens is 411 g/mol. The molecule has 2 fully saturated rings.